The molecule has 0 aliphatic carbocycles. The second-order valence-corrected chi connectivity index (χ2v) is 6.89. The van der Waals surface area contributed by atoms with E-state index in [0.717, 1.165) is 19.3 Å². The van der Waals surface area contributed by atoms with Gasteiger partial charge in [0.15, 0.2) is 0 Å². The zero-order valence-electron chi connectivity index (χ0n) is 11.2. The molecule has 1 heterocycles. The van der Waals surface area contributed by atoms with Crippen LogP contribution in [0, 0.1) is 5.92 Å². The SMILES string of the molecule is CCC1CCCN(S(=O)(=O)c2ccc(NN)cc2)C1. The van der Waals surface area contributed by atoms with E-state index in [9.17, 15) is 8.42 Å². The van der Waals surface area contributed by atoms with Crippen molar-refractivity contribution in [3.05, 3.63) is 24.3 Å². The van der Waals surface area contributed by atoms with Gasteiger partial charge < -0.3 is 5.43 Å². The molecule has 3 N–H and O–H groups in total. The van der Waals surface area contributed by atoms with Crippen molar-refractivity contribution in [3.63, 3.8) is 0 Å². The van der Waals surface area contributed by atoms with E-state index in [-0.39, 0.29) is 0 Å². The molecular formula is C13H21N3O2S. The van der Waals surface area contributed by atoms with E-state index in [0.29, 0.717) is 29.6 Å². The standard InChI is InChI=1S/C13H21N3O2S/c1-2-11-4-3-9-16(10-11)19(17,18)13-7-5-12(15-14)6-8-13/h5-8,11,15H,2-4,9-10,14H2,1H3. The lowest BCUT2D eigenvalue weighted by atomic mass is 9.97. The van der Waals surface area contributed by atoms with Crippen LogP contribution in [0.3, 0.4) is 0 Å². The van der Waals surface area contributed by atoms with Gasteiger partial charge in [0.25, 0.3) is 0 Å². The summed E-state index contributed by atoms with van der Waals surface area (Å²) in [5.41, 5.74) is 3.19. The van der Waals surface area contributed by atoms with E-state index in [4.69, 9.17) is 5.84 Å². The number of nitrogens with two attached hydrogens (primary N) is 1. The first-order valence-corrected chi connectivity index (χ1v) is 8.08. The number of hydrogen-bond acceptors (Lipinski definition) is 4. The van der Waals surface area contributed by atoms with Gasteiger partial charge in [0.05, 0.1) is 4.90 Å². The highest BCUT2D eigenvalue weighted by atomic mass is 32.2. The average molecular weight is 283 g/mol. The van der Waals surface area contributed by atoms with Crippen molar-refractivity contribution in [2.24, 2.45) is 11.8 Å². The largest absolute Gasteiger partial charge is 0.324 e. The van der Waals surface area contributed by atoms with Gasteiger partial charge in [-0.05, 0) is 43.0 Å². The number of benzene rings is 1. The predicted octanol–water partition coefficient (Wildman–Crippen LogP) is 1.78. The van der Waals surface area contributed by atoms with Gasteiger partial charge in [0.2, 0.25) is 10.0 Å². The number of hydrazine groups is 1. The van der Waals surface area contributed by atoms with Crippen LogP contribution in [0.15, 0.2) is 29.2 Å². The molecule has 0 radical (unpaired) electrons. The molecule has 1 aromatic carbocycles. The van der Waals surface area contributed by atoms with E-state index in [2.05, 4.69) is 12.3 Å². The van der Waals surface area contributed by atoms with Crippen molar-refractivity contribution in [1.82, 2.24) is 4.31 Å². The smallest absolute Gasteiger partial charge is 0.243 e. The van der Waals surface area contributed by atoms with Crippen molar-refractivity contribution >= 4 is 15.7 Å². The maximum absolute atomic E-state index is 12.5. The normalized spacial score (nSPS) is 21.3. The second-order valence-electron chi connectivity index (χ2n) is 4.95. The van der Waals surface area contributed by atoms with Crippen LogP contribution in [-0.4, -0.2) is 25.8 Å². The van der Waals surface area contributed by atoms with Gasteiger partial charge in [-0.2, -0.15) is 4.31 Å². The maximum atomic E-state index is 12.5. The molecule has 0 spiro atoms. The molecule has 6 heteroatoms. The summed E-state index contributed by atoms with van der Waals surface area (Å²) in [6.45, 7) is 3.37. The van der Waals surface area contributed by atoms with Crippen molar-refractivity contribution in [1.29, 1.82) is 0 Å². The number of nitrogens with one attached hydrogen (secondary N) is 1. The number of sulfonamides is 1. The number of hydrogen-bond donors (Lipinski definition) is 2. The minimum Gasteiger partial charge on any atom is -0.324 e. The van der Waals surface area contributed by atoms with Gasteiger partial charge in [0.1, 0.15) is 0 Å². The lowest BCUT2D eigenvalue weighted by Crippen LogP contribution is -2.39. The van der Waals surface area contributed by atoms with E-state index in [1.165, 1.54) is 0 Å². The van der Waals surface area contributed by atoms with Gasteiger partial charge in [-0.1, -0.05) is 13.3 Å². The van der Waals surface area contributed by atoms with Gasteiger partial charge >= 0.3 is 0 Å². The molecule has 2 rings (SSSR count). The Morgan fingerprint density at radius 1 is 1.37 bits per heavy atom. The van der Waals surface area contributed by atoms with Gasteiger partial charge in [0, 0.05) is 18.8 Å². The van der Waals surface area contributed by atoms with Gasteiger partial charge in [-0.3, -0.25) is 5.84 Å². The summed E-state index contributed by atoms with van der Waals surface area (Å²) < 4.78 is 26.7. The average Bonchev–Trinajstić information content (AvgIpc) is 2.47. The molecule has 0 amide bonds. The van der Waals surface area contributed by atoms with Crippen LogP contribution in [0.2, 0.25) is 0 Å². The number of anilines is 1. The Labute approximate surface area is 114 Å². The zero-order valence-corrected chi connectivity index (χ0v) is 12.0. The third-order valence-electron chi connectivity index (χ3n) is 3.72. The number of nitrogen functional groups attached to an aromatic ring is 1. The Kier molecular flexibility index (Phi) is 4.44. The minimum atomic E-state index is -3.37. The topological polar surface area (TPSA) is 75.4 Å². The van der Waals surface area contributed by atoms with Gasteiger partial charge in [-0.15, -0.1) is 0 Å². The summed E-state index contributed by atoms with van der Waals surface area (Å²) >= 11 is 0. The molecule has 1 fully saturated rings. The van der Waals surface area contributed by atoms with Crippen molar-refractivity contribution in [2.75, 3.05) is 18.5 Å². The fourth-order valence-corrected chi connectivity index (χ4v) is 4.01. The first-order valence-electron chi connectivity index (χ1n) is 6.64. The minimum absolute atomic E-state index is 0.336. The number of piperidine rings is 1. The Bertz CT molecular complexity index is 513. The summed E-state index contributed by atoms with van der Waals surface area (Å²) in [4.78, 5) is 0.336. The lowest BCUT2D eigenvalue weighted by molar-refractivity contribution is 0.261. The molecule has 0 saturated carbocycles. The highest BCUT2D eigenvalue weighted by molar-refractivity contribution is 7.89. The van der Waals surface area contributed by atoms with E-state index in [1.54, 1.807) is 28.6 Å². The Hall–Kier alpha value is -1.11. The molecule has 0 aromatic heterocycles. The zero-order chi connectivity index (χ0) is 13.9. The highest BCUT2D eigenvalue weighted by Crippen LogP contribution is 2.25. The third kappa shape index (κ3) is 3.08. The third-order valence-corrected chi connectivity index (χ3v) is 5.60. The van der Waals surface area contributed by atoms with Crippen LogP contribution in [-0.2, 0) is 10.0 Å². The molecule has 0 bridgehead atoms. The molecule has 1 aromatic rings. The summed E-state index contributed by atoms with van der Waals surface area (Å²) in [6.07, 6.45) is 3.10. The lowest BCUT2D eigenvalue weighted by Gasteiger charge is -2.31. The summed E-state index contributed by atoms with van der Waals surface area (Å²) in [7, 11) is -3.37. The molecular weight excluding hydrogens is 262 g/mol. The van der Waals surface area contributed by atoms with Crippen LogP contribution in [0.25, 0.3) is 0 Å². The van der Waals surface area contributed by atoms with Crippen molar-refractivity contribution in [3.8, 4) is 0 Å². The van der Waals surface area contributed by atoms with E-state index in [1.807, 2.05) is 0 Å². The molecule has 1 unspecified atom stereocenters. The number of rotatable bonds is 4. The molecule has 1 atom stereocenters. The van der Waals surface area contributed by atoms with Gasteiger partial charge in [-0.25, -0.2) is 8.42 Å². The monoisotopic (exact) mass is 283 g/mol. The summed E-state index contributed by atoms with van der Waals surface area (Å²) in [5.74, 6) is 5.76. The van der Waals surface area contributed by atoms with Crippen LogP contribution in [0.4, 0.5) is 5.69 Å². The summed E-state index contributed by atoms with van der Waals surface area (Å²) in [6, 6.07) is 6.54. The maximum Gasteiger partial charge on any atom is 0.243 e. The highest BCUT2D eigenvalue weighted by Gasteiger charge is 2.29. The van der Waals surface area contributed by atoms with Crippen LogP contribution < -0.4 is 11.3 Å². The molecule has 1 aliphatic heterocycles. The Morgan fingerprint density at radius 3 is 2.63 bits per heavy atom. The second kappa shape index (κ2) is 5.90. The molecule has 1 saturated heterocycles. The molecule has 19 heavy (non-hydrogen) atoms. The van der Waals surface area contributed by atoms with E-state index >= 15 is 0 Å². The van der Waals surface area contributed by atoms with E-state index < -0.39 is 10.0 Å². The van der Waals surface area contributed by atoms with Crippen LogP contribution in [0.1, 0.15) is 26.2 Å². The Balaban J connectivity index is 2.20. The van der Waals surface area contributed by atoms with Crippen molar-refractivity contribution < 1.29 is 8.42 Å². The van der Waals surface area contributed by atoms with Crippen LogP contribution >= 0.6 is 0 Å². The first kappa shape index (κ1) is 14.3. The predicted molar refractivity (Wildman–Crippen MR) is 76.0 cm³/mol. The molecule has 1 aliphatic rings. The first-order chi connectivity index (χ1) is 9.07. The van der Waals surface area contributed by atoms with Crippen molar-refractivity contribution in [2.45, 2.75) is 31.1 Å². The quantitative estimate of drug-likeness (QED) is 0.652. The molecule has 5 nitrogen and oxygen atoms in total. The Morgan fingerprint density at radius 2 is 2.05 bits per heavy atom. The van der Waals surface area contributed by atoms with Crippen LogP contribution in [0.5, 0.6) is 0 Å². The fourth-order valence-electron chi connectivity index (χ4n) is 2.45. The molecule has 106 valence electrons. The fraction of sp³-hybridized carbons (Fsp3) is 0.538. The number of nitrogens with zero attached hydrogens (tertiary/aromatic N) is 1. The summed E-state index contributed by atoms with van der Waals surface area (Å²) in [5, 5.41) is 0.